The van der Waals surface area contributed by atoms with Crippen LogP contribution >= 0.6 is 0 Å². The maximum Gasteiger partial charge on any atom is 0.291 e. The number of benzene rings is 1. The van der Waals surface area contributed by atoms with Crippen LogP contribution in [0.5, 0.6) is 11.5 Å². The van der Waals surface area contributed by atoms with Crippen molar-refractivity contribution in [3.05, 3.63) is 53.6 Å². The van der Waals surface area contributed by atoms with Gasteiger partial charge in [0.05, 0.1) is 6.26 Å². The van der Waals surface area contributed by atoms with Gasteiger partial charge in [-0.15, -0.1) is 0 Å². The van der Waals surface area contributed by atoms with E-state index >= 15 is 0 Å². The molecule has 130 valence electrons. The molecule has 1 aliphatic rings. The van der Waals surface area contributed by atoms with Crippen LogP contribution in [0, 0.1) is 0 Å². The van der Waals surface area contributed by atoms with Crippen LogP contribution in [0.2, 0.25) is 0 Å². The van der Waals surface area contributed by atoms with E-state index in [1.54, 1.807) is 30.3 Å². The van der Waals surface area contributed by atoms with Gasteiger partial charge >= 0.3 is 0 Å². The average Bonchev–Trinajstić information content (AvgIpc) is 3.24. The number of carbonyl (C=O) groups is 2. The Morgan fingerprint density at radius 3 is 2.68 bits per heavy atom. The summed E-state index contributed by atoms with van der Waals surface area (Å²) in [4.78, 5) is 24.6. The molecule has 0 fully saturated rings. The van der Waals surface area contributed by atoms with Gasteiger partial charge in [0, 0.05) is 6.04 Å². The summed E-state index contributed by atoms with van der Waals surface area (Å²) < 4.78 is 15.7. The van der Waals surface area contributed by atoms with Crippen LogP contribution in [-0.2, 0) is 4.79 Å². The molecule has 2 heterocycles. The topological polar surface area (TPSA) is 89.8 Å². The number of hydrogen-bond donors (Lipinski definition) is 2. The lowest BCUT2D eigenvalue weighted by atomic mass is 10.1. The van der Waals surface area contributed by atoms with Crippen molar-refractivity contribution >= 4 is 17.9 Å². The van der Waals surface area contributed by atoms with Crippen molar-refractivity contribution in [1.29, 1.82) is 0 Å². The molecule has 1 aromatic heterocycles. The number of fused-ring (bicyclic) bond motifs is 1. The Bertz CT molecular complexity index is 809. The van der Waals surface area contributed by atoms with Gasteiger partial charge in [0.25, 0.3) is 11.8 Å². The van der Waals surface area contributed by atoms with E-state index < -0.39 is 11.8 Å². The van der Waals surface area contributed by atoms with E-state index in [0.717, 1.165) is 0 Å². The van der Waals surface area contributed by atoms with Crippen molar-refractivity contribution in [2.24, 2.45) is 0 Å². The molecule has 0 radical (unpaired) electrons. The van der Waals surface area contributed by atoms with Crippen LogP contribution in [0.15, 0.2) is 46.7 Å². The molecular weight excluding hydrogens is 324 g/mol. The van der Waals surface area contributed by atoms with E-state index in [9.17, 15) is 9.59 Å². The quantitative estimate of drug-likeness (QED) is 0.814. The average molecular weight is 342 g/mol. The number of amides is 2. The molecule has 0 unspecified atom stereocenters. The second kappa shape index (κ2) is 7.12. The fraction of sp³-hybridized carbons (Fsp3) is 0.222. The molecule has 0 bridgehead atoms. The first kappa shape index (κ1) is 16.6. The summed E-state index contributed by atoms with van der Waals surface area (Å²) in [5.41, 5.74) is 0.798. The summed E-state index contributed by atoms with van der Waals surface area (Å²) in [7, 11) is 0. The van der Waals surface area contributed by atoms with Gasteiger partial charge in [0.1, 0.15) is 5.70 Å². The zero-order chi connectivity index (χ0) is 17.8. The highest BCUT2D eigenvalue weighted by atomic mass is 16.7. The lowest BCUT2D eigenvalue weighted by molar-refractivity contribution is -0.118. The fourth-order valence-corrected chi connectivity index (χ4v) is 2.26. The van der Waals surface area contributed by atoms with Gasteiger partial charge in [-0.2, -0.15) is 0 Å². The van der Waals surface area contributed by atoms with Gasteiger partial charge in [-0.05, 0) is 49.8 Å². The van der Waals surface area contributed by atoms with Crippen LogP contribution in [0.4, 0.5) is 0 Å². The fourth-order valence-electron chi connectivity index (χ4n) is 2.26. The molecular formula is C18H18N2O5. The number of carbonyl (C=O) groups excluding carboxylic acids is 2. The third-order valence-corrected chi connectivity index (χ3v) is 3.37. The number of ether oxygens (including phenoxy) is 2. The molecule has 2 amide bonds. The lowest BCUT2D eigenvalue weighted by Crippen LogP contribution is -2.38. The molecule has 0 spiro atoms. The summed E-state index contributed by atoms with van der Waals surface area (Å²) in [6.07, 6.45) is 2.96. The van der Waals surface area contributed by atoms with E-state index in [-0.39, 0.29) is 24.3 Å². The van der Waals surface area contributed by atoms with Crippen LogP contribution in [0.25, 0.3) is 6.08 Å². The van der Waals surface area contributed by atoms with Gasteiger partial charge < -0.3 is 24.5 Å². The molecule has 7 nitrogen and oxygen atoms in total. The smallest absolute Gasteiger partial charge is 0.291 e. The molecule has 0 atom stereocenters. The zero-order valence-corrected chi connectivity index (χ0v) is 13.9. The predicted octanol–water partition coefficient (Wildman–Crippen LogP) is 2.30. The maximum atomic E-state index is 12.4. The predicted molar refractivity (Wildman–Crippen MR) is 90.0 cm³/mol. The normalized spacial score (nSPS) is 13.0. The second-order valence-electron chi connectivity index (χ2n) is 5.73. The largest absolute Gasteiger partial charge is 0.459 e. The summed E-state index contributed by atoms with van der Waals surface area (Å²) in [5.74, 6) is 0.456. The van der Waals surface area contributed by atoms with Crippen molar-refractivity contribution in [2.75, 3.05) is 6.79 Å². The number of rotatable bonds is 5. The van der Waals surface area contributed by atoms with Crippen molar-refractivity contribution in [3.63, 3.8) is 0 Å². The first-order valence-corrected chi connectivity index (χ1v) is 7.80. The Labute approximate surface area is 144 Å². The van der Waals surface area contributed by atoms with E-state index in [0.29, 0.717) is 17.1 Å². The second-order valence-corrected chi connectivity index (χ2v) is 5.73. The summed E-state index contributed by atoms with van der Waals surface area (Å²) >= 11 is 0. The highest BCUT2D eigenvalue weighted by Crippen LogP contribution is 2.33. The van der Waals surface area contributed by atoms with Crippen LogP contribution < -0.4 is 20.1 Å². The van der Waals surface area contributed by atoms with Gasteiger partial charge in [-0.3, -0.25) is 9.59 Å². The molecule has 2 aromatic rings. The molecule has 0 saturated heterocycles. The molecule has 3 rings (SSSR count). The Balaban J connectivity index is 1.87. The highest BCUT2D eigenvalue weighted by Gasteiger charge is 2.18. The molecule has 2 N–H and O–H groups in total. The molecule has 0 saturated carbocycles. The van der Waals surface area contributed by atoms with E-state index in [2.05, 4.69) is 10.6 Å². The molecule has 1 aromatic carbocycles. The Morgan fingerprint density at radius 1 is 1.16 bits per heavy atom. The Kier molecular flexibility index (Phi) is 4.74. The van der Waals surface area contributed by atoms with Crippen molar-refractivity contribution in [3.8, 4) is 11.5 Å². The lowest BCUT2D eigenvalue weighted by Gasteiger charge is -2.12. The van der Waals surface area contributed by atoms with Gasteiger partial charge in [-0.1, -0.05) is 6.07 Å². The van der Waals surface area contributed by atoms with Crippen molar-refractivity contribution < 1.29 is 23.5 Å². The first-order valence-electron chi connectivity index (χ1n) is 7.80. The molecule has 1 aliphatic heterocycles. The Morgan fingerprint density at radius 2 is 1.96 bits per heavy atom. The van der Waals surface area contributed by atoms with Gasteiger partial charge in [-0.25, -0.2) is 0 Å². The molecule has 7 heteroatoms. The van der Waals surface area contributed by atoms with Gasteiger partial charge in [0.2, 0.25) is 6.79 Å². The minimum atomic E-state index is -0.504. The highest BCUT2D eigenvalue weighted by molar-refractivity contribution is 6.04. The number of nitrogens with one attached hydrogen (secondary N) is 2. The van der Waals surface area contributed by atoms with Crippen LogP contribution in [0.1, 0.15) is 30.0 Å². The third-order valence-electron chi connectivity index (χ3n) is 3.37. The molecule has 25 heavy (non-hydrogen) atoms. The zero-order valence-electron chi connectivity index (χ0n) is 13.9. The maximum absolute atomic E-state index is 12.4. The minimum Gasteiger partial charge on any atom is -0.459 e. The number of furan rings is 1. The summed E-state index contributed by atoms with van der Waals surface area (Å²) in [5, 5.41) is 5.34. The van der Waals surface area contributed by atoms with Crippen molar-refractivity contribution in [1.82, 2.24) is 10.6 Å². The SMILES string of the molecule is CC(C)NC(=O)/C(=C\c1ccc2c(c1)OCO2)NC(=O)c1ccco1. The van der Waals surface area contributed by atoms with Crippen LogP contribution in [-0.4, -0.2) is 24.6 Å². The third kappa shape index (κ3) is 4.00. The van der Waals surface area contributed by atoms with Gasteiger partial charge in [0.15, 0.2) is 17.3 Å². The Hall–Kier alpha value is -3.22. The number of hydrogen-bond acceptors (Lipinski definition) is 5. The van der Waals surface area contributed by atoms with Crippen molar-refractivity contribution in [2.45, 2.75) is 19.9 Å². The monoisotopic (exact) mass is 342 g/mol. The first-order chi connectivity index (χ1) is 12.0. The summed E-state index contributed by atoms with van der Waals surface area (Å²) in [6.45, 7) is 3.84. The van der Waals surface area contributed by atoms with Crippen LogP contribution in [0.3, 0.4) is 0 Å². The van der Waals surface area contributed by atoms with E-state index in [1.165, 1.54) is 12.3 Å². The standard InChI is InChI=1S/C18H18N2O5/c1-11(2)19-17(21)13(20-18(22)15-4-3-7-23-15)8-12-5-6-14-16(9-12)25-10-24-14/h3-9,11H,10H2,1-2H3,(H,19,21)(H,20,22)/b13-8+. The van der Waals surface area contributed by atoms with E-state index in [4.69, 9.17) is 13.9 Å². The summed E-state index contributed by atoms with van der Waals surface area (Å²) in [6, 6.07) is 8.31. The van der Waals surface area contributed by atoms with E-state index in [1.807, 2.05) is 13.8 Å². The molecule has 0 aliphatic carbocycles. The minimum absolute atomic E-state index is 0.0758.